The van der Waals surface area contributed by atoms with Gasteiger partial charge in [0.2, 0.25) is 5.95 Å². The molecule has 90 valence electrons. The number of H-pyrrole nitrogens is 1. The van der Waals surface area contributed by atoms with E-state index >= 15 is 0 Å². The highest BCUT2D eigenvalue weighted by Gasteiger charge is 2.24. The third kappa shape index (κ3) is 2.43. The zero-order chi connectivity index (χ0) is 11.7. The van der Waals surface area contributed by atoms with E-state index in [-0.39, 0.29) is 0 Å². The molecule has 1 saturated carbocycles. The summed E-state index contributed by atoms with van der Waals surface area (Å²) in [5.74, 6) is 1.87. The molecule has 3 heteroatoms. The zero-order valence-electron chi connectivity index (χ0n) is 10.2. The SMILES string of the molecule is CCC(CC1CC1)Nc1nc2ccccc2[nH]1. The Bertz CT molecular complexity index is 466. The lowest BCUT2D eigenvalue weighted by atomic mass is 10.1. The fraction of sp³-hybridized carbons (Fsp3) is 0.500. The summed E-state index contributed by atoms with van der Waals surface area (Å²) in [6.45, 7) is 2.24. The third-order valence-electron chi connectivity index (χ3n) is 3.54. The van der Waals surface area contributed by atoms with Crippen molar-refractivity contribution in [1.29, 1.82) is 0 Å². The van der Waals surface area contributed by atoms with Crippen LogP contribution in [-0.2, 0) is 0 Å². The summed E-state index contributed by atoms with van der Waals surface area (Å²) < 4.78 is 0. The maximum atomic E-state index is 4.56. The van der Waals surface area contributed by atoms with Crippen LogP contribution < -0.4 is 5.32 Å². The van der Waals surface area contributed by atoms with Crippen LogP contribution in [-0.4, -0.2) is 16.0 Å². The number of nitrogens with zero attached hydrogens (tertiary/aromatic N) is 1. The Morgan fingerprint density at radius 2 is 2.24 bits per heavy atom. The number of imidazole rings is 1. The van der Waals surface area contributed by atoms with Gasteiger partial charge in [-0.2, -0.15) is 0 Å². The molecule has 1 aliphatic carbocycles. The summed E-state index contributed by atoms with van der Waals surface area (Å²) in [5.41, 5.74) is 2.15. The third-order valence-corrected chi connectivity index (χ3v) is 3.54. The number of anilines is 1. The van der Waals surface area contributed by atoms with E-state index in [4.69, 9.17) is 0 Å². The van der Waals surface area contributed by atoms with Crippen molar-refractivity contribution in [2.24, 2.45) is 5.92 Å². The van der Waals surface area contributed by atoms with Gasteiger partial charge in [0.15, 0.2) is 0 Å². The van der Waals surface area contributed by atoms with Crippen LogP contribution >= 0.6 is 0 Å². The molecule has 0 radical (unpaired) electrons. The molecule has 0 spiro atoms. The van der Waals surface area contributed by atoms with Gasteiger partial charge in [-0.1, -0.05) is 31.9 Å². The molecule has 0 bridgehead atoms. The zero-order valence-corrected chi connectivity index (χ0v) is 10.2. The minimum absolute atomic E-state index is 0.558. The minimum Gasteiger partial charge on any atom is -0.353 e. The van der Waals surface area contributed by atoms with Crippen LogP contribution in [0.4, 0.5) is 5.95 Å². The van der Waals surface area contributed by atoms with Gasteiger partial charge < -0.3 is 10.3 Å². The second-order valence-electron chi connectivity index (χ2n) is 5.03. The lowest BCUT2D eigenvalue weighted by molar-refractivity contribution is 0.584. The Kier molecular flexibility index (Phi) is 2.75. The molecule has 0 amide bonds. The Morgan fingerprint density at radius 3 is 2.94 bits per heavy atom. The predicted molar refractivity (Wildman–Crippen MR) is 71.1 cm³/mol. The van der Waals surface area contributed by atoms with Gasteiger partial charge in [-0.25, -0.2) is 4.98 Å². The van der Waals surface area contributed by atoms with Gasteiger partial charge >= 0.3 is 0 Å². The van der Waals surface area contributed by atoms with E-state index in [9.17, 15) is 0 Å². The van der Waals surface area contributed by atoms with Gasteiger partial charge in [0.05, 0.1) is 11.0 Å². The van der Waals surface area contributed by atoms with Gasteiger partial charge in [-0.05, 0) is 30.9 Å². The molecule has 1 fully saturated rings. The molecular formula is C14H19N3. The molecule has 1 heterocycles. The molecule has 3 rings (SSSR count). The first-order valence-corrected chi connectivity index (χ1v) is 6.56. The van der Waals surface area contributed by atoms with Crippen LogP contribution in [0.1, 0.15) is 32.6 Å². The van der Waals surface area contributed by atoms with Crippen molar-refractivity contribution in [2.45, 2.75) is 38.6 Å². The average Bonchev–Trinajstić information content (AvgIpc) is 3.06. The number of fused-ring (bicyclic) bond motifs is 1. The Morgan fingerprint density at radius 1 is 1.41 bits per heavy atom. The first-order valence-electron chi connectivity index (χ1n) is 6.56. The molecule has 1 aromatic heterocycles. The van der Waals surface area contributed by atoms with Crippen molar-refractivity contribution in [3.05, 3.63) is 24.3 Å². The van der Waals surface area contributed by atoms with E-state index in [2.05, 4.69) is 28.3 Å². The normalized spacial score (nSPS) is 17.2. The first kappa shape index (κ1) is 10.6. The number of benzene rings is 1. The van der Waals surface area contributed by atoms with E-state index in [0.29, 0.717) is 6.04 Å². The molecule has 17 heavy (non-hydrogen) atoms. The lowest BCUT2D eigenvalue weighted by Gasteiger charge is -2.15. The van der Waals surface area contributed by atoms with Gasteiger partial charge in [-0.3, -0.25) is 0 Å². The molecule has 1 atom stereocenters. The second kappa shape index (κ2) is 4.40. The fourth-order valence-corrected chi connectivity index (χ4v) is 2.30. The predicted octanol–water partition coefficient (Wildman–Crippen LogP) is 3.55. The standard InChI is InChI=1S/C14H19N3/c1-2-11(9-10-7-8-10)15-14-16-12-5-3-4-6-13(12)17-14/h3-6,10-11H,2,7-9H2,1H3,(H2,15,16,17). The molecule has 1 unspecified atom stereocenters. The van der Waals surface area contributed by atoms with Crippen molar-refractivity contribution >= 4 is 17.0 Å². The number of hydrogen-bond donors (Lipinski definition) is 2. The summed E-state index contributed by atoms with van der Waals surface area (Å²) in [6, 6.07) is 8.72. The maximum Gasteiger partial charge on any atom is 0.201 e. The van der Waals surface area contributed by atoms with Gasteiger partial charge in [0.1, 0.15) is 0 Å². The molecule has 1 aromatic carbocycles. The van der Waals surface area contributed by atoms with Crippen molar-refractivity contribution in [2.75, 3.05) is 5.32 Å². The molecule has 2 N–H and O–H groups in total. The van der Waals surface area contributed by atoms with E-state index in [1.165, 1.54) is 19.3 Å². The van der Waals surface area contributed by atoms with Crippen LogP contribution in [0, 0.1) is 5.92 Å². The van der Waals surface area contributed by atoms with E-state index in [1.54, 1.807) is 0 Å². The van der Waals surface area contributed by atoms with Crippen LogP contribution in [0.15, 0.2) is 24.3 Å². The average molecular weight is 229 g/mol. The highest BCUT2D eigenvalue weighted by molar-refractivity contribution is 5.77. The molecule has 1 aliphatic rings. The number of para-hydroxylation sites is 2. The monoisotopic (exact) mass is 229 g/mol. The second-order valence-corrected chi connectivity index (χ2v) is 5.03. The minimum atomic E-state index is 0.558. The summed E-state index contributed by atoms with van der Waals surface area (Å²) in [6.07, 6.45) is 5.28. The van der Waals surface area contributed by atoms with Crippen molar-refractivity contribution in [1.82, 2.24) is 9.97 Å². The quantitative estimate of drug-likeness (QED) is 0.823. The summed E-state index contributed by atoms with van der Waals surface area (Å²) in [4.78, 5) is 7.89. The molecule has 3 nitrogen and oxygen atoms in total. The van der Waals surface area contributed by atoms with E-state index in [0.717, 1.165) is 29.3 Å². The van der Waals surface area contributed by atoms with Crippen molar-refractivity contribution < 1.29 is 0 Å². The smallest absolute Gasteiger partial charge is 0.201 e. The van der Waals surface area contributed by atoms with Crippen molar-refractivity contribution in [3.8, 4) is 0 Å². The van der Waals surface area contributed by atoms with Crippen LogP contribution in [0.25, 0.3) is 11.0 Å². The fourth-order valence-electron chi connectivity index (χ4n) is 2.30. The lowest BCUT2D eigenvalue weighted by Crippen LogP contribution is -2.19. The first-order chi connectivity index (χ1) is 8.35. The number of aromatic nitrogens is 2. The molecule has 2 aromatic rings. The molecule has 0 aliphatic heterocycles. The van der Waals surface area contributed by atoms with Gasteiger partial charge in [-0.15, -0.1) is 0 Å². The summed E-state index contributed by atoms with van der Waals surface area (Å²) in [7, 11) is 0. The Balaban J connectivity index is 1.73. The highest BCUT2D eigenvalue weighted by Crippen LogP contribution is 2.34. The number of hydrogen-bond acceptors (Lipinski definition) is 2. The topological polar surface area (TPSA) is 40.7 Å². The molecular weight excluding hydrogens is 210 g/mol. The summed E-state index contributed by atoms with van der Waals surface area (Å²) in [5, 5.41) is 3.52. The number of aromatic amines is 1. The Labute approximate surface area is 102 Å². The van der Waals surface area contributed by atoms with Gasteiger partial charge in [0, 0.05) is 6.04 Å². The van der Waals surface area contributed by atoms with E-state index < -0.39 is 0 Å². The maximum absolute atomic E-state index is 4.56. The number of rotatable bonds is 5. The largest absolute Gasteiger partial charge is 0.353 e. The van der Waals surface area contributed by atoms with Crippen molar-refractivity contribution in [3.63, 3.8) is 0 Å². The van der Waals surface area contributed by atoms with E-state index in [1.807, 2.05) is 18.2 Å². The Hall–Kier alpha value is -1.51. The van der Waals surface area contributed by atoms with Crippen LogP contribution in [0.3, 0.4) is 0 Å². The van der Waals surface area contributed by atoms with Crippen LogP contribution in [0.5, 0.6) is 0 Å². The number of nitrogens with one attached hydrogen (secondary N) is 2. The van der Waals surface area contributed by atoms with Gasteiger partial charge in [0.25, 0.3) is 0 Å². The molecule has 0 saturated heterocycles. The van der Waals surface area contributed by atoms with Crippen LogP contribution in [0.2, 0.25) is 0 Å². The summed E-state index contributed by atoms with van der Waals surface area (Å²) >= 11 is 0. The highest BCUT2D eigenvalue weighted by atomic mass is 15.1.